The summed E-state index contributed by atoms with van der Waals surface area (Å²) in [7, 11) is 5.56. The molecule has 0 aliphatic heterocycles. The molecule has 0 N–H and O–H groups in total. The molecule has 0 saturated heterocycles. The molecule has 15 heavy (non-hydrogen) atoms. The van der Waals surface area contributed by atoms with E-state index in [4.69, 9.17) is 10.7 Å². The van der Waals surface area contributed by atoms with E-state index in [1.807, 2.05) is 38.1 Å². The highest BCUT2D eigenvalue weighted by Crippen LogP contribution is 2.21. The molecule has 0 aliphatic rings. The lowest BCUT2D eigenvalue weighted by Gasteiger charge is -2.16. The first-order valence-electron chi connectivity index (χ1n) is 4.49. The third-order valence-corrected chi connectivity index (χ3v) is 3.10. The molecule has 0 spiro atoms. The number of aryl methyl sites for hydroxylation is 1. The molecule has 0 amide bonds. The summed E-state index contributed by atoms with van der Waals surface area (Å²) in [6, 6.07) is 5.52. The molecule has 3 nitrogen and oxygen atoms in total. The minimum atomic E-state index is -3.48. The van der Waals surface area contributed by atoms with Crippen LogP contribution < -0.4 is 4.90 Å². The van der Waals surface area contributed by atoms with Crippen LogP contribution >= 0.6 is 10.7 Å². The van der Waals surface area contributed by atoms with Gasteiger partial charge >= 0.3 is 0 Å². The summed E-state index contributed by atoms with van der Waals surface area (Å²) in [5.74, 6) is -0.129. The van der Waals surface area contributed by atoms with Crippen LogP contribution in [0.3, 0.4) is 0 Å². The van der Waals surface area contributed by atoms with E-state index in [1.54, 1.807) is 6.07 Å². The summed E-state index contributed by atoms with van der Waals surface area (Å²) in [5.41, 5.74) is 2.82. The van der Waals surface area contributed by atoms with Gasteiger partial charge in [-0.15, -0.1) is 0 Å². The van der Waals surface area contributed by atoms with E-state index in [-0.39, 0.29) is 5.75 Å². The highest BCUT2D eigenvalue weighted by molar-refractivity contribution is 8.13. The van der Waals surface area contributed by atoms with Gasteiger partial charge in [-0.05, 0) is 24.1 Å². The van der Waals surface area contributed by atoms with Crippen LogP contribution in [0.5, 0.6) is 0 Å². The van der Waals surface area contributed by atoms with E-state index in [0.717, 1.165) is 11.3 Å². The predicted molar refractivity (Wildman–Crippen MR) is 64.0 cm³/mol. The molecule has 0 aromatic heterocycles. The maximum atomic E-state index is 10.9. The van der Waals surface area contributed by atoms with E-state index in [0.29, 0.717) is 5.56 Å². The van der Waals surface area contributed by atoms with Gasteiger partial charge in [-0.2, -0.15) is 0 Å². The second-order valence-electron chi connectivity index (χ2n) is 3.70. The van der Waals surface area contributed by atoms with Crippen molar-refractivity contribution in [1.82, 2.24) is 0 Å². The van der Waals surface area contributed by atoms with Crippen LogP contribution in [0.2, 0.25) is 0 Å². The van der Waals surface area contributed by atoms with E-state index >= 15 is 0 Å². The van der Waals surface area contributed by atoms with Crippen LogP contribution in [-0.2, 0) is 14.8 Å². The number of nitrogens with zero attached hydrogens (tertiary/aromatic N) is 1. The number of hydrogen-bond donors (Lipinski definition) is 0. The lowest BCUT2D eigenvalue weighted by atomic mass is 10.1. The van der Waals surface area contributed by atoms with Gasteiger partial charge in [0, 0.05) is 30.5 Å². The Morgan fingerprint density at radius 2 is 1.93 bits per heavy atom. The summed E-state index contributed by atoms with van der Waals surface area (Å²) in [6.45, 7) is 1.98. The Morgan fingerprint density at radius 3 is 2.40 bits per heavy atom. The fourth-order valence-electron chi connectivity index (χ4n) is 1.43. The van der Waals surface area contributed by atoms with E-state index in [1.165, 1.54) is 0 Å². The van der Waals surface area contributed by atoms with Crippen molar-refractivity contribution in [1.29, 1.82) is 0 Å². The van der Waals surface area contributed by atoms with E-state index < -0.39 is 9.05 Å². The fourth-order valence-corrected chi connectivity index (χ4v) is 2.38. The van der Waals surface area contributed by atoms with Crippen LogP contribution in [0.4, 0.5) is 5.69 Å². The SMILES string of the molecule is Cc1ccc(CS(=O)(=O)Cl)cc1N(C)C. The number of halogens is 1. The Balaban J connectivity index is 3.08. The van der Waals surface area contributed by atoms with Crippen LogP contribution in [0, 0.1) is 6.92 Å². The average molecular weight is 248 g/mol. The summed E-state index contributed by atoms with van der Waals surface area (Å²) < 4.78 is 21.8. The third kappa shape index (κ3) is 3.72. The van der Waals surface area contributed by atoms with Gasteiger partial charge in [0.1, 0.15) is 0 Å². The van der Waals surface area contributed by atoms with Crippen molar-refractivity contribution >= 4 is 25.4 Å². The highest BCUT2D eigenvalue weighted by atomic mass is 35.7. The predicted octanol–water partition coefficient (Wildman–Crippen LogP) is 2.13. The second kappa shape index (κ2) is 4.41. The van der Waals surface area contributed by atoms with Crippen molar-refractivity contribution < 1.29 is 8.42 Å². The number of benzene rings is 1. The zero-order valence-corrected chi connectivity index (χ0v) is 10.6. The van der Waals surface area contributed by atoms with Gasteiger partial charge in [-0.25, -0.2) is 8.42 Å². The van der Waals surface area contributed by atoms with Crippen molar-refractivity contribution in [2.24, 2.45) is 0 Å². The topological polar surface area (TPSA) is 37.4 Å². The Bertz CT molecular complexity index is 454. The molecule has 0 bridgehead atoms. The van der Waals surface area contributed by atoms with Crippen molar-refractivity contribution in [3.05, 3.63) is 29.3 Å². The maximum Gasteiger partial charge on any atom is 0.236 e. The van der Waals surface area contributed by atoms with E-state index in [2.05, 4.69) is 0 Å². The van der Waals surface area contributed by atoms with Gasteiger partial charge in [-0.3, -0.25) is 0 Å². The minimum absolute atomic E-state index is 0.129. The summed E-state index contributed by atoms with van der Waals surface area (Å²) in [6.07, 6.45) is 0. The first-order chi connectivity index (χ1) is 6.79. The van der Waals surface area contributed by atoms with Gasteiger partial charge in [0.2, 0.25) is 9.05 Å². The number of rotatable bonds is 3. The molecule has 1 aromatic rings. The molecule has 0 fully saturated rings. The maximum absolute atomic E-state index is 10.9. The second-order valence-corrected chi connectivity index (χ2v) is 6.48. The zero-order chi connectivity index (χ0) is 11.6. The van der Waals surface area contributed by atoms with Gasteiger partial charge in [-0.1, -0.05) is 12.1 Å². The molecule has 0 atom stereocenters. The van der Waals surface area contributed by atoms with Crippen LogP contribution in [0.25, 0.3) is 0 Å². The fraction of sp³-hybridized carbons (Fsp3) is 0.400. The van der Waals surface area contributed by atoms with Crippen molar-refractivity contribution in [2.75, 3.05) is 19.0 Å². The molecular weight excluding hydrogens is 234 g/mol. The zero-order valence-electron chi connectivity index (χ0n) is 8.99. The van der Waals surface area contributed by atoms with Crippen molar-refractivity contribution in [3.8, 4) is 0 Å². The normalized spacial score (nSPS) is 11.5. The van der Waals surface area contributed by atoms with Crippen molar-refractivity contribution in [3.63, 3.8) is 0 Å². The summed E-state index contributed by atoms with van der Waals surface area (Å²) >= 11 is 0. The summed E-state index contributed by atoms with van der Waals surface area (Å²) in [5, 5.41) is 0. The first kappa shape index (κ1) is 12.3. The molecule has 0 aliphatic carbocycles. The van der Waals surface area contributed by atoms with Crippen LogP contribution in [-0.4, -0.2) is 22.5 Å². The minimum Gasteiger partial charge on any atom is -0.377 e. The Morgan fingerprint density at radius 1 is 1.33 bits per heavy atom. The monoisotopic (exact) mass is 247 g/mol. The molecule has 84 valence electrons. The largest absolute Gasteiger partial charge is 0.377 e. The van der Waals surface area contributed by atoms with E-state index in [9.17, 15) is 8.42 Å². The quantitative estimate of drug-likeness (QED) is 0.768. The Labute approximate surface area is 95.1 Å². The lowest BCUT2D eigenvalue weighted by molar-refractivity contribution is 0.609. The molecule has 1 aromatic carbocycles. The highest BCUT2D eigenvalue weighted by Gasteiger charge is 2.09. The Kier molecular flexibility index (Phi) is 3.62. The van der Waals surface area contributed by atoms with Crippen LogP contribution in [0.1, 0.15) is 11.1 Å². The molecule has 0 saturated carbocycles. The van der Waals surface area contributed by atoms with Crippen LogP contribution in [0.15, 0.2) is 18.2 Å². The average Bonchev–Trinajstić information content (AvgIpc) is 2.05. The molecular formula is C10H14ClNO2S. The standard InChI is InChI=1S/C10H14ClNO2S/c1-8-4-5-9(7-15(11,13)14)6-10(8)12(2)3/h4-6H,7H2,1-3H3. The molecule has 1 rings (SSSR count). The Hall–Kier alpha value is -0.740. The van der Waals surface area contributed by atoms with Gasteiger partial charge in [0.05, 0.1) is 5.75 Å². The molecule has 5 heteroatoms. The smallest absolute Gasteiger partial charge is 0.236 e. The third-order valence-electron chi connectivity index (χ3n) is 2.09. The van der Waals surface area contributed by atoms with Gasteiger partial charge in [0.25, 0.3) is 0 Å². The van der Waals surface area contributed by atoms with Gasteiger partial charge in [0.15, 0.2) is 0 Å². The molecule has 0 radical (unpaired) electrons. The lowest BCUT2D eigenvalue weighted by Crippen LogP contribution is -2.11. The molecule has 0 heterocycles. The number of anilines is 1. The summed E-state index contributed by atoms with van der Waals surface area (Å²) in [4.78, 5) is 1.94. The van der Waals surface area contributed by atoms with Gasteiger partial charge < -0.3 is 4.90 Å². The number of hydrogen-bond acceptors (Lipinski definition) is 3. The first-order valence-corrected chi connectivity index (χ1v) is 6.96. The molecule has 0 unspecified atom stereocenters. The van der Waals surface area contributed by atoms with Crippen molar-refractivity contribution in [2.45, 2.75) is 12.7 Å².